The first-order valence-electron chi connectivity index (χ1n) is 4.81. The molecular weight excluding hydrogens is 154 g/mol. The molecule has 0 amide bonds. The highest BCUT2D eigenvalue weighted by Crippen LogP contribution is 2.28. The summed E-state index contributed by atoms with van der Waals surface area (Å²) in [6.07, 6.45) is 1.25. The number of hydrogen-bond acceptors (Lipinski definition) is 3. The Morgan fingerprint density at radius 1 is 1.33 bits per heavy atom. The van der Waals surface area contributed by atoms with Crippen LogP contribution in [0.15, 0.2) is 0 Å². The Morgan fingerprint density at radius 3 is 3.00 bits per heavy atom. The van der Waals surface area contributed by atoms with Crippen LogP contribution >= 0.6 is 0 Å². The number of aliphatic hydroxyl groups is 1. The van der Waals surface area contributed by atoms with Crippen molar-refractivity contribution in [2.24, 2.45) is 11.8 Å². The van der Waals surface area contributed by atoms with E-state index in [2.05, 4.69) is 4.90 Å². The quantitative estimate of drug-likeness (QED) is 0.632. The van der Waals surface area contributed by atoms with Gasteiger partial charge in [-0.05, 0) is 18.9 Å². The van der Waals surface area contributed by atoms with Gasteiger partial charge in [0.2, 0.25) is 0 Å². The normalized spacial score (nSPS) is 36.8. The maximum atomic E-state index is 8.79. The fourth-order valence-corrected chi connectivity index (χ4v) is 2.28. The van der Waals surface area contributed by atoms with E-state index >= 15 is 0 Å². The Labute approximate surface area is 73.3 Å². The van der Waals surface area contributed by atoms with Crippen molar-refractivity contribution < 1.29 is 9.84 Å². The van der Waals surface area contributed by atoms with Crippen LogP contribution in [0.5, 0.6) is 0 Å². The summed E-state index contributed by atoms with van der Waals surface area (Å²) in [6, 6.07) is 0. The average molecular weight is 171 g/mol. The second kappa shape index (κ2) is 3.73. The van der Waals surface area contributed by atoms with Crippen LogP contribution < -0.4 is 0 Å². The number of piperidine rings is 1. The first-order valence-corrected chi connectivity index (χ1v) is 4.81. The molecule has 70 valence electrons. The van der Waals surface area contributed by atoms with Crippen LogP contribution in [0.1, 0.15) is 6.42 Å². The van der Waals surface area contributed by atoms with Gasteiger partial charge in [0, 0.05) is 25.6 Å². The molecule has 0 aromatic rings. The Bertz CT molecular complexity index is 151. The average Bonchev–Trinajstić information content (AvgIpc) is 2.51. The van der Waals surface area contributed by atoms with Crippen LogP contribution in [0.3, 0.4) is 0 Å². The number of likely N-dealkylation sites (tertiary alicyclic amines) is 1. The first kappa shape index (κ1) is 8.48. The summed E-state index contributed by atoms with van der Waals surface area (Å²) in [5.74, 6) is 1.55. The molecule has 0 radical (unpaired) electrons. The van der Waals surface area contributed by atoms with Gasteiger partial charge in [0.15, 0.2) is 0 Å². The van der Waals surface area contributed by atoms with Crippen LogP contribution in [0.2, 0.25) is 0 Å². The Kier molecular flexibility index (Phi) is 2.63. The zero-order valence-electron chi connectivity index (χ0n) is 7.41. The summed E-state index contributed by atoms with van der Waals surface area (Å²) < 4.78 is 5.43. The van der Waals surface area contributed by atoms with Gasteiger partial charge in [-0.1, -0.05) is 0 Å². The predicted octanol–water partition coefficient (Wildman–Crippen LogP) is -0.0530. The van der Waals surface area contributed by atoms with Gasteiger partial charge in [-0.2, -0.15) is 0 Å². The van der Waals surface area contributed by atoms with Crippen LogP contribution in [-0.4, -0.2) is 49.5 Å². The van der Waals surface area contributed by atoms with E-state index in [1.165, 1.54) is 6.42 Å². The lowest BCUT2D eigenvalue weighted by Crippen LogP contribution is -2.41. The number of ether oxygens (including phenoxy) is 1. The van der Waals surface area contributed by atoms with Crippen LogP contribution in [0.4, 0.5) is 0 Å². The molecule has 0 saturated carbocycles. The Hall–Kier alpha value is -0.120. The molecule has 0 aliphatic carbocycles. The Balaban J connectivity index is 1.84. The molecule has 3 nitrogen and oxygen atoms in total. The number of hydrogen-bond donors (Lipinski definition) is 1. The maximum Gasteiger partial charge on any atom is 0.0558 e. The third-order valence-corrected chi connectivity index (χ3v) is 3.06. The second-order valence-electron chi connectivity index (χ2n) is 3.87. The predicted molar refractivity (Wildman–Crippen MR) is 45.9 cm³/mol. The van der Waals surface area contributed by atoms with E-state index in [9.17, 15) is 0 Å². The molecule has 2 fully saturated rings. The molecule has 0 bridgehead atoms. The third-order valence-electron chi connectivity index (χ3n) is 3.06. The van der Waals surface area contributed by atoms with Crippen LogP contribution in [-0.2, 0) is 4.74 Å². The van der Waals surface area contributed by atoms with Crippen molar-refractivity contribution in [2.75, 3.05) is 39.5 Å². The van der Waals surface area contributed by atoms with Gasteiger partial charge in [0.1, 0.15) is 0 Å². The zero-order valence-corrected chi connectivity index (χ0v) is 7.41. The Morgan fingerprint density at radius 2 is 2.17 bits per heavy atom. The van der Waals surface area contributed by atoms with E-state index in [4.69, 9.17) is 9.84 Å². The molecule has 2 heterocycles. The molecular formula is C9H17NO2. The molecule has 1 N–H and O–H groups in total. The molecule has 12 heavy (non-hydrogen) atoms. The van der Waals surface area contributed by atoms with E-state index in [0.29, 0.717) is 0 Å². The van der Waals surface area contributed by atoms with Crippen molar-refractivity contribution in [1.82, 2.24) is 4.90 Å². The molecule has 3 heteroatoms. The van der Waals surface area contributed by atoms with Crippen LogP contribution in [0, 0.1) is 11.8 Å². The summed E-state index contributed by atoms with van der Waals surface area (Å²) >= 11 is 0. The highest BCUT2D eigenvalue weighted by atomic mass is 16.5. The maximum absolute atomic E-state index is 8.79. The SMILES string of the molecule is OCCN1CCC2COCC2C1. The van der Waals surface area contributed by atoms with Gasteiger partial charge in [-0.3, -0.25) is 0 Å². The van der Waals surface area contributed by atoms with Gasteiger partial charge in [0.05, 0.1) is 13.2 Å². The number of β-amino-alcohol motifs (C(OH)–C–C–N with tert-alkyl or cyclic N) is 1. The molecule has 2 aliphatic heterocycles. The van der Waals surface area contributed by atoms with Crippen molar-refractivity contribution >= 4 is 0 Å². The van der Waals surface area contributed by atoms with E-state index < -0.39 is 0 Å². The molecule has 2 rings (SSSR count). The molecule has 2 unspecified atom stereocenters. The molecule has 0 aromatic carbocycles. The van der Waals surface area contributed by atoms with Crippen molar-refractivity contribution in [1.29, 1.82) is 0 Å². The number of nitrogens with zero attached hydrogens (tertiary/aromatic N) is 1. The van der Waals surface area contributed by atoms with Gasteiger partial charge in [0.25, 0.3) is 0 Å². The molecule has 2 saturated heterocycles. The smallest absolute Gasteiger partial charge is 0.0558 e. The largest absolute Gasteiger partial charge is 0.395 e. The summed E-state index contributed by atoms with van der Waals surface area (Å²) in [5.41, 5.74) is 0. The minimum atomic E-state index is 0.290. The fourth-order valence-electron chi connectivity index (χ4n) is 2.28. The number of rotatable bonds is 2. The fraction of sp³-hybridized carbons (Fsp3) is 1.00. The first-order chi connectivity index (χ1) is 5.90. The molecule has 2 atom stereocenters. The molecule has 0 spiro atoms. The van der Waals surface area contributed by atoms with Crippen molar-refractivity contribution in [3.05, 3.63) is 0 Å². The molecule has 2 aliphatic rings. The highest BCUT2D eigenvalue weighted by molar-refractivity contribution is 4.83. The summed E-state index contributed by atoms with van der Waals surface area (Å²) in [7, 11) is 0. The van der Waals surface area contributed by atoms with E-state index in [-0.39, 0.29) is 6.61 Å². The van der Waals surface area contributed by atoms with Gasteiger partial charge >= 0.3 is 0 Å². The van der Waals surface area contributed by atoms with Gasteiger partial charge < -0.3 is 14.7 Å². The number of aliphatic hydroxyl groups excluding tert-OH is 1. The van der Waals surface area contributed by atoms with E-state index in [0.717, 1.165) is 44.7 Å². The summed E-state index contributed by atoms with van der Waals surface area (Å²) in [4.78, 5) is 2.34. The van der Waals surface area contributed by atoms with E-state index in [1.54, 1.807) is 0 Å². The number of fused-ring (bicyclic) bond motifs is 1. The lowest BCUT2D eigenvalue weighted by molar-refractivity contribution is 0.121. The minimum Gasteiger partial charge on any atom is -0.395 e. The topological polar surface area (TPSA) is 32.7 Å². The third kappa shape index (κ3) is 1.63. The lowest BCUT2D eigenvalue weighted by Gasteiger charge is -2.33. The second-order valence-corrected chi connectivity index (χ2v) is 3.87. The standard InChI is InChI=1S/C9H17NO2/c11-4-3-10-2-1-8-6-12-7-9(8)5-10/h8-9,11H,1-7H2. The van der Waals surface area contributed by atoms with Gasteiger partial charge in [-0.15, -0.1) is 0 Å². The zero-order chi connectivity index (χ0) is 8.39. The molecule has 0 aromatic heterocycles. The summed E-state index contributed by atoms with van der Waals surface area (Å²) in [5, 5.41) is 8.79. The lowest BCUT2D eigenvalue weighted by atomic mass is 9.89. The van der Waals surface area contributed by atoms with Crippen molar-refractivity contribution in [2.45, 2.75) is 6.42 Å². The monoisotopic (exact) mass is 171 g/mol. The van der Waals surface area contributed by atoms with Gasteiger partial charge in [-0.25, -0.2) is 0 Å². The van der Waals surface area contributed by atoms with E-state index in [1.807, 2.05) is 0 Å². The minimum absolute atomic E-state index is 0.290. The van der Waals surface area contributed by atoms with Crippen molar-refractivity contribution in [3.8, 4) is 0 Å². The summed E-state index contributed by atoms with van der Waals surface area (Å²) in [6.45, 7) is 5.31. The van der Waals surface area contributed by atoms with Crippen molar-refractivity contribution in [3.63, 3.8) is 0 Å². The van der Waals surface area contributed by atoms with Crippen LogP contribution in [0.25, 0.3) is 0 Å². The highest BCUT2D eigenvalue weighted by Gasteiger charge is 2.33.